The highest BCUT2D eigenvalue weighted by Gasteiger charge is 2.32. The van der Waals surface area contributed by atoms with E-state index in [0.29, 0.717) is 24.2 Å². The van der Waals surface area contributed by atoms with Gasteiger partial charge < -0.3 is 10.2 Å². The summed E-state index contributed by atoms with van der Waals surface area (Å²) in [6, 6.07) is 9.37. The van der Waals surface area contributed by atoms with Gasteiger partial charge in [0, 0.05) is 47.2 Å². The fraction of sp³-hybridized carbons (Fsp3) is 0.333. The zero-order valence-corrected chi connectivity index (χ0v) is 13.7. The Labute approximate surface area is 135 Å². The first kappa shape index (κ1) is 15.5. The lowest BCUT2D eigenvalue weighted by Crippen LogP contribution is -2.43. The Morgan fingerprint density at radius 2 is 1.74 bits per heavy atom. The van der Waals surface area contributed by atoms with Gasteiger partial charge in [0.2, 0.25) is 0 Å². The maximum atomic E-state index is 12.8. The molecule has 0 unspecified atom stereocenters. The van der Waals surface area contributed by atoms with Crippen molar-refractivity contribution in [3.63, 3.8) is 0 Å². The summed E-state index contributed by atoms with van der Waals surface area (Å²) in [5.74, 6) is -0.410. The van der Waals surface area contributed by atoms with E-state index in [9.17, 15) is 9.59 Å². The monoisotopic (exact) mass is 311 g/mol. The van der Waals surface area contributed by atoms with Crippen molar-refractivity contribution in [2.45, 2.75) is 6.92 Å². The molecule has 23 heavy (non-hydrogen) atoms. The molecule has 1 N–H and O–H groups in total. The second-order valence-corrected chi connectivity index (χ2v) is 5.98. The molecular weight excluding hydrogens is 290 g/mol. The van der Waals surface area contributed by atoms with Crippen LogP contribution in [0.5, 0.6) is 0 Å². The summed E-state index contributed by atoms with van der Waals surface area (Å²) in [4.78, 5) is 28.8. The van der Waals surface area contributed by atoms with Crippen molar-refractivity contribution in [2.75, 3.05) is 39.0 Å². The van der Waals surface area contributed by atoms with Gasteiger partial charge >= 0.3 is 0 Å². The van der Waals surface area contributed by atoms with Crippen molar-refractivity contribution in [3.8, 4) is 0 Å². The van der Waals surface area contributed by atoms with Crippen LogP contribution >= 0.6 is 0 Å². The molecule has 5 heteroatoms. The molecule has 1 aliphatic heterocycles. The number of anilines is 1. The molecule has 1 aliphatic rings. The Kier molecular flexibility index (Phi) is 4.05. The maximum Gasteiger partial charge on any atom is 0.261 e. The third-order valence-corrected chi connectivity index (χ3v) is 4.13. The molecule has 120 valence electrons. The van der Waals surface area contributed by atoms with Crippen LogP contribution in [0.15, 0.2) is 30.3 Å². The van der Waals surface area contributed by atoms with E-state index in [0.717, 1.165) is 23.0 Å². The largest absolute Gasteiger partial charge is 0.385 e. The molecular formula is C18H21N3O2. The number of imide groups is 1. The van der Waals surface area contributed by atoms with Crippen molar-refractivity contribution in [1.82, 2.24) is 9.80 Å². The highest BCUT2D eigenvalue weighted by atomic mass is 16.2. The molecule has 1 heterocycles. The van der Waals surface area contributed by atoms with Crippen LogP contribution in [0.3, 0.4) is 0 Å². The number of carbonyl (C=O) groups is 2. The van der Waals surface area contributed by atoms with E-state index in [-0.39, 0.29) is 11.8 Å². The predicted octanol–water partition coefficient (Wildman–Crippen LogP) is 2.43. The van der Waals surface area contributed by atoms with Crippen LogP contribution in [-0.4, -0.2) is 55.3 Å². The Morgan fingerprint density at radius 1 is 1.04 bits per heavy atom. The summed E-state index contributed by atoms with van der Waals surface area (Å²) in [5.41, 5.74) is 2.17. The van der Waals surface area contributed by atoms with E-state index in [1.54, 1.807) is 6.07 Å². The molecule has 0 saturated heterocycles. The molecule has 0 aromatic heterocycles. The van der Waals surface area contributed by atoms with Crippen molar-refractivity contribution in [2.24, 2.45) is 0 Å². The molecule has 5 nitrogen and oxygen atoms in total. The van der Waals surface area contributed by atoms with Crippen LogP contribution in [0.4, 0.5) is 5.69 Å². The van der Waals surface area contributed by atoms with Crippen LogP contribution in [0.25, 0.3) is 10.8 Å². The van der Waals surface area contributed by atoms with Gasteiger partial charge in [0.05, 0.1) is 0 Å². The number of hydrogen-bond donors (Lipinski definition) is 1. The van der Waals surface area contributed by atoms with Gasteiger partial charge in [-0.2, -0.15) is 0 Å². The van der Waals surface area contributed by atoms with Crippen LogP contribution < -0.4 is 5.32 Å². The molecule has 0 atom stereocenters. The van der Waals surface area contributed by atoms with Crippen LogP contribution in [-0.2, 0) is 0 Å². The van der Waals surface area contributed by atoms with Gasteiger partial charge in [-0.05, 0) is 39.2 Å². The summed E-state index contributed by atoms with van der Waals surface area (Å²) in [6.45, 7) is 3.86. The number of rotatable bonds is 5. The van der Waals surface area contributed by atoms with Gasteiger partial charge in [-0.3, -0.25) is 14.5 Å². The molecule has 0 saturated carbocycles. The van der Waals surface area contributed by atoms with Gasteiger partial charge in [0.25, 0.3) is 11.8 Å². The van der Waals surface area contributed by atoms with E-state index in [2.05, 4.69) is 5.32 Å². The lowest BCUT2D eigenvalue weighted by Gasteiger charge is -2.28. The van der Waals surface area contributed by atoms with Gasteiger partial charge in [0.1, 0.15) is 0 Å². The maximum absolute atomic E-state index is 12.8. The Hall–Kier alpha value is -2.40. The smallest absolute Gasteiger partial charge is 0.261 e. The average Bonchev–Trinajstić information content (AvgIpc) is 2.53. The van der Waals surface area contributed by atoms with E-state index in [4.69, 9.17) is 0 Å². The molecule has 0 fully saturated rings. The SMILES string of the molecule is CCNc1ccc2c3c(cccc13)C(=O)N(CCN(C)C)C2=O. The molecule has 0 bridgehead atoms. The Morgan fingerprint density at radius 3 is 2.39 bits per heavy atom. The minimum absolute atomic E-state index is 0.205. The minimum atomic E-state index is -0.205. The number of benzene rings is 2. The highest BCUT2D eigenvalue weighted by molar-refractivity contribution is 6.26. The summed E-state index contributed by atoms with van der Waals surface area (Å²) in [6.07, 6.45) is 0. The van der Waals surface area contributed by atoms with Crippen molar-refractivity contribution < 1.29 is 9.59 Å². The van der Waals surface area contributed by atoms with Gasteiger partial charge in [0.15, 0.2) is 0 Å². The van der Waals surface area contributed by atoms with Crippen LogP contribution in [0.2, 0.25) is 0 Å². The van der Waals surface area contributed by atoms with Crippen molar-refractivity contribution >= 4 is 28.3 Å². The van der Waals surface area contributed by atoms with Crippen molar-refractivity contribution in [1.29, 1.82) is 0 Å². The number of nitrogens with zero attached hydrogens (tertiary/aromatic N) is 2. The second-order valence-electron chi connectivity index (χ2n) is 5.98. The minimum Gasteiger partial charge on any atom is -0.385 e. The Balaban J connectivity index is 2.13. The standard InChI is InChI=1S/C18H21N3O2/c1-4-19-15-9-8-14-16-12(15)6-5-7-13(16)17(22)21(18(14)23)11-10-20(2)3/h5-9,19H,4,10-11H2,1-3H3. The molecule has 3 rings (SSSR count). The lowest BCUT2D eigenvalue weighted by molar-refractivity contribution is 0.0601. The van der Waals surface area contributed by atoms with Gasteiger partial charge in [-0.15, -0.1) is 0 Å². The van der Waals surface area contributed by atoms with E-state index < -0.39 is 0 Å². The first-order valence-corrected chi connectivity index (χ1v) is 7.85. The number of carbonyl (C=O) groups excluding carboxylic acids is 2. The van der Waals surface area contributed by atoms with Gasteiger partial charge in [-0.25, -0.2) is 0 Å². The number of likely N-dealkylation sites (N-methyl/N-ethyl adjacent to an activating group) is 1. The number of nitrogens with one attached hydrogen (secondary N) is 1. The zero-order valence-electron chi connectivity index (χ0n) is 13.7. The number of amides is 2. The summed E-state index contributed by atoms with van der Waals surface area (Å²) in [5, 5.41) is 4.98. The summed E-state index contributed by atoms with van der Waals surface area (Å²) >= 11 is 0. The molecule has 0 aliphatic carbocycles. The molecule has 2 aromatic rings. The topological polar surface area (TPSA) is 52.7 Å². The number of hydrogen-bond acceptors (Lipinski definition) is 4. The zero-order chi connectivity index (χ0) is 16.6. The molecule has 2 aromatic carbocycles. The third-order valence-electron chi connectivity index (χ3n) is 4.13. The molecule has 0 spiro atoms. The van der Waals surface area contributed by atoms with E-state index in [1.807, 2.05) is 50.2 Å². The van der Waals surface area contributed by atoms with E-state index >= 15 is 0 Å². The second kappa shape index (κ2) is 6.01. The highest BCUT2D eigenvalue weighted by Crippen LogP contribution is 2.34. The molecule has 2 amide bonds. The molecule has 0 radical (unpaired) electrons. The van der Waals surface area contributed by atoms with E-state index in [1.165, 1.54) is 4.90 Å². The van der Waals surface area contributed by atoms with Crippen molar-refractivity contribution in [3.05, 3.63) is 41.5 Å². The first-order valence-electron chi connectivity index (χ1n) is 7.85. The fourth-order valence-corrected chi connectivity index (χ4v) is 2.99. The summed E-state index contributed by atoms with van der Waals surface area (Å²) in [7, 11) is 3.85. The fourth-order valence-electron chi connectivity index (χ4n) is 2.99. The third kappa shape index (κ3) is 2.57. The quantitative estimate of drug-likeness (QED) is 0.862. The Bertz CT molecular complexity index is 761. The normalized spacial score (nSPS) is 14.0. The predicted molar refractivity (Wildman–Crippen MR) is 92.0 cm³/mol. The first-order chi connectivity index (χ1) is 11.0. The van der Waals surface area contributed by atoms with Crippen LogP contribution in [0.1, 0.15) is 27.6 Å². The van der Waals surface area contributed by atoms with Crippen LogP contribution in [0, 0.1) is 0 Å². The lowest BCUT2D eigenvalue weighted by atomic mass is 9.93. The van der Waals surface area contributed by atoms with Gasteiger partial charge in [-0.1, -0.05) is 12.1 Å². The summed E-state index contributed by atoms with van der Waals surface area (Å²) < 4.78 is 0. The average molecular weight is 311 g/mol.